The van der Waals surface area contributed by atoms with Crippen molar-refractivity contribution in [1.82, 2.24) is 14.5 Å². The van der Waals surface area contributed by atoms with Gasteiger partial charge in [-0.05, 0) is 39.3 Å². The standard InChI is InChI=1S/C23H22ClF2N5O3S/c1-11-8-28-15(20(35)30-22(27)23(3,4)33)7-17(11)31-12(2)5-18(19(24)21(31)32)34-10-16-14(26)6-13(25)9-29-16/h5-9,33H,10H2,1-4H3,(H2,27,30,35). The van der Waals surface area contributed by atoms with Crippen LogP contribution in [0.2, 0.25) is 5.02 Å². The van der Waals surface area contributed by atoms with E-state index < -0.39 is 22.8 Å². The molecule has 0 spiro atoms. The Labute approximate surface area is 210 Å². The maximum Gasteiger partial charge on any atom is 0.277 e. The quantitative estimate of drug-likeness (QED) is 0.289. The Morgan fingerprint density at radius 3 is 2.57 bits per heavy atom. The summed E-state index contributed by atoms with van der Waals surface area (Å²) < 4.78 is 33.8. The summed E-state index contributed by atoms with van der Waals surface area (Å²) in [6.45, 7) is 5.98. The van der Waals surface area contributed by atoms with E-state index in [4.69, 9.17) is 34.3 Å². The summed E-state index contributed by atoms with van der Waals surface area (Å²) in [5.41, 5.74) is 5.47. The van der Waals surface area contributed by atoms with Crippen molar-refractivity contribution in [3.8, 4) is 11.4 Å². The number of rotatable bonds is 6. The number of nitrogens with zero attached hydrogens (tertiary/aromatic N) is 4. The van der Waals surface area contributed by atoms with Crippen LogP contribution < -0.4 is 16.0 Å². The lowest BCUT2D eigenvalue weighted by atomic mass is 10.1. The molecule has 0 amide bonds. The van der Waals surface area contributed by atoms with Crippen LogP contribution in [0.3, 0.4) is 0 Å². The van der Waals surface area contributed by atoms with Gasteiger partial charge in [0.05, 0.1) is 11.9 Å². The number of nitrogens with two attached hydrogens (primary N) is 1. The Kier molecular flexibility index (Phi) is 7.63. The number of amidine groups is 1. The summed E-state index contributed by atoms with van der Waals surface area (Å²) >= 11 is 11.6. The molecule has 3 heterocycles. The summed E-state index contributed by atoms with van der Waals surface area (Å²) in [5, 5.41) is 9.74. The monoisotopic (exact) mass is 521 g/mol. The third-order valence-electron chi connectivity index (χ3n) is 4.93. The fourth-order valence-electron chi connectivity index (χ4n) is 2.96. The molecule has 0 aliphatic carbocycles. The van der Waals surface area contributed by atoms with E-state index in [1.54, 1.807) is 19.9 Å². The second kappa shape index (κ2) is 10.1. The van der Waals surface area contributed by atoms with Gasteiger partial charge in [-0.1, -0.05) is 23.8 Å². The fraction of sp³-hybridized carbons (Fsp3) is 0.261. The van der Waals surface area contributed by atoms with E-state index in [1.165, 1.54) is 30.7 Å². The van der Waals surface area contributed by atoms with Gasteiger partial charge in [-0.2, -0.15) is 0 Å². The molecule has 0 aromatic carbocycles. The zero-order valence-electron chi connectivity index (χ0n) is 19.3. The van der Waals surface area contributed by atoms with Gasteiger partial charge in [-0.25, -0.2) is 13.8 Å². The Hall–Kier alpha value is -3.28. The van der Waals surface area contributed by atoms with E-state index in [9.17, 15) is 18.7 Å². The molecule has 3 rings (SSSR count). The number of aliphatic imine (C=N–C) groups is 1. The summed E-state index contributed by atoms with van der Waals surface area (Å²) in [7, 11) is 0. The number of ether oxygens (including phenoxy) is 1. The second-order valence-corrected chi connectivity index (χ2v) is 8.96. The minimum Gasteiger partial charge on any atom is -0.485 e. The summed E-state index contributed by atoms with van der Waals surface area (Å²) in [6.07, 6.45) is 2.37. The van der Waals surface area contributed by atoms with Crippen molar-refractivity contribution in [3.05, 3.63) is 80.2 Å². The Morgan fingerprint density at radius 1 is 1.26 bits per heavy atom. The van der Waals surface area contributed by atoms with E-state index in [2.05, 4.69) is 15.0 Å². The number of aromatic nitrogens is 3. The zero-order valence-corrected chi connectivity index (χ0v) is 20.8. The van der Waals surface area contributed by atoms with Gasteiger partial charge in [-0.3, -0.25) is 19.3 Å². The normalized spacial score (nSPS) is 12.1. The number of pyridine rings is 3. The smallest absolute Gasteiger partial charge is 0.277 e. The first kappa shape index (κ1) is 26.3. The van der Waals surface area contributed by atoms with E-state index in [-0.39, 0.29) is 39.6 Å². The van der Waals surface area contributed by atoms with E-state index >= 15 is 0 Å². The van der Waals surface area contributed by atoms with Crippen molar-refractivity contribution < 1.29 is 18.6 Å². The van der Waals surface area contributed by atoms with Gasteiger partial charge < -0.3 is 15.6 Å². The van der Waals surface area contributed by atoms with Crippen molar-refractivity contribution in [2.75, 3.05) is 0 Å². The first-order valence-electron chi connectivity index (χ1n) is 10.2. The molecule has 0 saturated heterocycles. The average Bonchev–Trinajstić information content (AvgIpc) is 2.76. The van der Waals surface area contributed by atoms with E-state index in [1.807, 2.05) is 0 Å². The molecule has 3 N–H and O–H groups in total. The van der Waals surface area contributed by atoms with Gasteiger partial charge in [0.15, 0.2) is 10.8 Å². The lowest BCUT2D eigenvalue weighted by molar-refractivity contribution is 0.152. The van der Waals surface area contributed by atoms with E-state index in [0.717, 1.165) is 6.20 Å². The van der Waals surface area contributed by atoms with E-state index in [0.29, 0.717) is 23.0 Å². The molecule has 0 unspecified atom stereocenters. The molecule has 35 heavy (non-hydrogen) atoms. The molecule has 3 aromatic rings. The van der Waals surface area contributed by atoms with Gasteiger partial charge in [0.25, 0.3) is 5.56 Å². The second-order valence-electron chi connectivity index (χ2n) is 8.19. The largest absolute Gasteiger partial charge is 0.485 e. The third kappa shape index (κ3) is 5.87. The molecule has 0 saturated carbocycles. The van der Waals surface area contributed by atoms with Gasteiger partial charge in [-0.15, -0.1) is 0 Å². The van der Waals surface area contributed by atoms with Crippen LogP contribution >= 0.6 is 23.8 Å². The van der Waals surface area contributed by atoms with Crippen LogP contribution in [-0.4, -0.2) is 36.1 Å². The third-order valence-corrected chi connectivity index (χ3v) is 5.58. The molecule has 0 aliphatic heterocycles. The lowest BCUT2D eigenvalue weighted by Crippen LogP contribution is -2.38. The van der Waals surface area contributed by atoms with Crippen LogP contribution in [0.25, 0.3) is 5.69 Å². The van der Waals surface area contributed by atoms with Crippen LogP contribution in [0, 0.1) is 25.5 Å². The van der Waals surface area contributed by atoms with Crippen LogP contribution in [0.15, 0.2) is 40.4 Å². The number of thiocarbonyl (C=S) groups is 1. The molecule has 0 aliphatic rings. The Bertz CT molecular complexity index is 1400. The topological polar surface area (TPSA) is 116 Å². The molecule has 184 valence electrons. The summed E-state index contributed by atoms with van der Waals surface area (Å²) in [4.78, 5) is 25.1. The summed E-state index contributed by atoms with van der Waals surface area (Å²) in [5.74, 6) is -1.77. The molecule has 0 atom stereocenters. The molecule has 8 nitrogen and oxygen atoms in total. The van der Waals surface area contributed by atoms with Crippen molar-refractivity contribution in [2.45, 2.75) is 39.9 Å². The maximum atomic E-state index is 13.9. The van der Waals surface area contributed by atoms with Crippen LogP contribution in [-0.2, 0) is 6.61 Å². The average molecular weight is 522 g/mol. The number of halogens is 3. The predicted octanol–water partition coefficient (Wildman–Crippen LogP) is 3.56. The van der Waals surface area contributed by atoms with Gasteiger partial charge in [0, 0.05) is 24.0 Å². The lowest BCUT2D eigenvalue weighted by Gasteiger charge is -2.17. The summed E-state index contributed by atoms with van der Waals surface area (Å²) in [6, 6.07) is 3.75. The number of aliphatic hydroxyl groups is 1. The van der Waals surface area contributed by atoms with Crippen LogP contribution in [0.4, 0.5) is 8.78 Å². The number of hydrogen-bond donors (Lipinski definition) is 2. The molecule has 0 radical (unpaired) electrons. The molecular formula is C23H22ClF2N5O3S. The number of hydrogen-bond acceptors (Lipinski definition) is 6. The van der Waals surface area contributed by atoms with Gasteiger partial charge in [0.2, 0.25) is 0 Å². The number of aryl methyl sites for hydroxylation is 2. The van der Waals surface area contributed by atoms with Crippen molar-refractivity contribution in [1.29, 1.82) is 0 Å². The van der Waals surface area contributed by atoms with Crippen LogP contribution in [0.1, 0.15) is 36.5 Å². The predicted molar refractivity (Wildman–Crippen MR) is 132 cm³/mol. The Balaban J connectivity index is 1.98. The molecular weight excluding hydrogens is 500 g/mol. The van der Waals surface area contributed by atoms with Crippen molar-refractivity contribution >= 4 is 34.6 Å². The first-order valence-corrected chi connectivity index (χ1v) is 11.0. The fourth-order valence-corrected chi connectivity index (χ4v) is 3.36. The minimum absolute atomic E-state index is 0.0148. The van der Waals surface area contributed by atoms with Crippen molar-refractivity contribution in [3.63, 3.8) is 0 Å². The molecule has 0 fully saturated rings. The van der Waals surface area contributed by atoms with Gasteiger partial charge >= 0.3 is 0 Å². The van der Waals surface area contributed by atoms with Crippen molar-refractivity contribution in [2.24, 2.45) is 10.7 Å². The highest BCUT2D eigenvalue weighted by molar-refractivity contribution is 7.80. The van der Waals surface area contributed by atoms with Crippen LogP contribution in [0.5, 0.6) is 5.75 Å². The molecule has 0 bridgehead atoms. The first-order chi connectivity index (χ1) is 16.3. The van der Waals surface area contributed by atoms with Gasteiger partial charge in [0.1, 0.15) is 46.0 Å². The highest BCUT2D eigenvalue weighted by Crippen LogP contribution is 2.26. The highest BCUT2D eigenvalue weighted by Gasteiger charge is 2.20. The molecule has 3 aromatic heterocycles. The minimum atomic E-state index is -1.37. The SMILES string of the molecule is Cc1cnc(C(=S)N=C(N)C(C)(C)O)cc1-n1c(C)cc(OCc2ncc(F)cc2F)c(Cl)c1=O. The highest BCUT2D eigenvalue weighted by atomic mass is 35.5. The zero-order chi connectivity index (χ0) is 26.1. The Morgan fingerprint density at radius 2 is 1.94 bits per heavy atom. The molecule has 12 heteroatoms. The maximum absolute atomic E-state index is 13.9.